The summed E-state index contributed by atoms with van der Waals surface area (Å²) in [4.78, 5) is 42.8. The number of imide groups is 1. The number of amides is 2. The summed E-state index contributed by atoms with van der Waals surface area (Å²) < 4.78 is 0. The van der Waals surface area contributed by atoms with Crippen LogP contribution in [0, 0.1) is 18.8 Å². The van der Waals surface area contributed by atoms with Gasteiger partial charge in [-0.3, -0.25) is 14.4 Å². The molecule has 1 aliphatic heterocycles. The van der Waals surface area contributed by atoms with Crippen molar-refractivity contribution in [3.63, 3.8) is 0 Å². The van der Waals surface area contributed by atoms with E-state index in [-0.39, 0.29) is 23.5 Å². The van der Waals surface area contributed by atoms with Crippen molar-refractivity contribution < 1.29 is 14.4 Å². The Morgan fingerprint density at radius 2 is 1.50 bits per heavy atom. The van der Waals surface area contributed by atoms with E-state index in [0.29, 0.717) is 10.7 Å². The highest BCUT2D eigenvalue weighted by Gasteiger charge is 2.70. The van der Waals surface area contributed by atoms with Crippen molar-refractivity contribution in [2.75, 3.05) is 4.90 Å². The van der Waals surface area contributed by atoms with Gasteiger partial charge in [0, 0.05) is 10.9 Å². The summed E-state index contributed by atoms with van der Waals surface area (Å²) in [5.41, 5.74) is 3.73. The molecule has 4 aliphatic rings. The van der Waals surface area contributed by atoms with Gasteiger partial charge < -0.3 is 0 Å². The molecule has 1 heterocycles. The first kappa shape index (κ1) is 19.4. The number of benzene rings is 3. The number of anilines is 1. The maximum Gasteiger partial charge on any atom is 0.239 e. The number of ketones is 1. The lowest BCUT2D eigenvalue weighted by molar-refractivity contribution is -0.132. The van der Waals surface area contributed by atoms with E-state index in [0.717, 1.165) is 27.8 Å². The van der Waals surface area contributed by atoms with Gasteiger partial charge in [-0.05, 0) is 53.8 Å². The second-order valence-electron chi connectivity index (χ2n) is 8.96. The molecule has 2 bridgehead atoms. The van der Waals surface area contributed by atoms with Crippen molar-refractivity contribution in [3.8, 4) is 0 Å². The molecule has 5 heteroatoms. The summed E-state index contributed by atoms with van der Waals surface area (Å²) in [5, 5.41) is 0.455. The lowest BCUT2D eigenvalue weighted by Gasteiger charge is -2.52. The molecular formula is C27H20ClNO3. The maximum atomic E-state index is 14.0. The minimum absolute atomic E-state index is 0.114. The summed E-state index contributed by atoms with van der Waals surface area (Å²) in [6.07, 6.45) is 0. The zero-order valence-corrected chi connectivity index (χ0v) is 18.4. The van der Waals surface area contributed by atoms with E-state index >= 15 is 0 Å². The normalized spacial score (nSPS) is 27.2. The van der Waals surface area contributed by atoms with Gasteiger partial charge in [0.25, 0.3) is 0 Å². The fourth-order valence-corrected chi connectivity index (χ4v) is 6.60. The first-order valence-electron chi connectivity index (χ1n) is 10.7. The number of Topliss-reactive ketones (excluding diaryl/α,β-unsaturated/α-hetero) is 1. The molecule has 0 spiro atoms. The molecule has 0 radical (unpaired) electrons. The molecule has 0 N–H and O–H groups in total. The summed E-state index contributed by atoms with van der Waals surface area (Å²) >= 11 is 6.23. The predicted octanol–water partition coefficient (Wildman–Crippen LogP) is 4.79. The maximum absolute atomic E-state index is 14.0. The van der Waals surface area contributed by atoms with Gasteiger partial charge in [-0.15, -0.1) is 0 Å². The van der Waals surface area contributed by atoms with Gasteiger partial charge in [0.05, 0.1) is 22.9 Å². The van der Waals surface area contributed by atoms with Crippen LogP contribution in [0.3, 0.4) is 0 Å². The highest BCUT2D eigenvalue weighted by molar-refractivity contribution is 6.32. The molecule has 3 aromatic carbocycles. The molecule has 0 saturated carbocycles. The van der Waals surface area contributed by atoms with Crippen LogP contribution in [0.15, 0.2) is 66.7 Å². The van der Waals surface area contributed by atoms with Crippen molar-refractivity contribution in [2.45, 2.75) is 25.2 Å². The molecule has 3 aliphatic carbocycles. The molecule has 2 atom stereocenters. The molecule has 3 aromatic rings. The number of rotatable bonds is 2. The van der Waals surface area contributed by atoms with Gasteiger partial charge in [0.15, 0.2) is 0 Å². The average Bonchev–Trinajstić information content (AvgIpc) is 3.06. The number of nitrogens with zero attached hydrogens (tertiary/aromatic N) is 1. The number of carbonyl (C=O) groups is 3. The molecule has 0 aromatic heterocycles. The molecule has 2 amide bonds. The first-order chi connectivity index (χ1) is 15.4. The van der Waals surface area contributed by atoms with E-state index in [1.165, 1.54) is 4.90 Å². The molecule has 158 valence electrons. The van der Waals surface area contributed by atoms with Gasteiger partial charge in [-0.1, -0.05) is 66.2 Å². The van der Waals surface area contributed by atoms with Crippen LogP contribution in [0.25, 0.3) is 0 Å². The zero-order valence-electron chi connectivity index (χ0n) is 17.6. The van der Waals surface area contributed by atoms with Crippen LogP contribution >= 0.6 is 11.6 Å². The zero-order chi connectivity index (χ0) is 22.4. The van der Waals surface area contributed by atoms with Crippen LogP contribution in [-0.2, 0) is 19.8 Å². The van der Waals surface area contributed by atoms with E-state index in [2.05, 4.69) is 0 Å². The Balaban J connectivity index is 1.68. The van der Waals surface area contributed by atoms with E-state index in [1.54, 1.807) is 25.1 Å². The number of halogens is 1. The van der Waals surface area contributed by atoms with Crippen molar-refractivity contribution >= 4 is 34.9 Å². The van der Waals surface area contributed by atoms with Gasteiger partial charge in [0.2, 0.25) is 11.8 Å². The van der Waals surface area contributed by atoms with Gasteiger partial charge >= 0.3 is 0 Å². The van der Waals surface area contributed by atoms with E-state index < -0.39 is 17.3 Å². The number of carbonyl (C=O) groups excluding carboxylic acids is 3. The molecule has 1 saturated heterocycles. The monoisotopic (exact) mass is 441 g/mol. The Morgan fingerprint density at radius 1 is 0.906 bits per heavy atom. The lowest BCUT2D eigenvalue weighted by Crippen LogP contribution is -2.57. The molecule has 32 heavy (non-hydrogen) atoms. The summed E-state index contributed by atoms with van der Waals surface area (Å²) in [6.45, 7) is 3.40. The third-order valence-corrected chi connectivity index (χ3v) is 7.82. The van der Waals surface area contributed by atoms with Crippen molar-refractivity contribution in [3.05, 3.63) is 99.6 Å². The van der Waals surface area contributed by atoms with Crippen LogP contribution in [0.1, 0.15) is 40.7 Å². The van der Waals surface area contributed by atoms with Crippen molar-refractivity contribution in [2.24, 2.45) is 11.8 Å². The van der Waals surface area contributed by atoms with Crippen molar-refractivity contribution in [1.82, 2.24) is 0 Å². The highest BCUT2D eigenvalue weighted by Crippen LogP contribution is 2.64. The summed E-state index contributed by atoms with van der Waals surface area (Å²) in [7, 11) is 0. The minimum Gasteiger partial charge on any atom is -0.299 e. The Morgan fingerprint density at radius 3 is 2.09 bits per heavy atom. The van der Waals surface area contributed by atoms with E-state index in [1.807, 2.05) is 55.5 Å². The standard InChI is InChI=1S/C27H20ClNO3/c1-14-11-12-16(28)13-21(14)29-25(31)23-22-17-7-3-5-9-19(17)27(15(2)30,24(23)26(29)32)20-10-6-4-8-18(20)22/h3-13,22-24H,1-2H3/t22?,23-,24+,27?/m0/s1. The van der Waals surface area contributed by atoms with E-state index in [9.17, 15) is 14.4 Å². The van der Waals surface area contributed by atoms with Crippen LogP contribution in [0.4, 0.5) is 5.69 Å². The molecule has 7 rings (SSSR count). The second kappa shape index (κ2) is 6.39. The van der Waals surface area contributed by atoms with Gasteiger partial charge in [-0.2, -0.15) is 0 Å². The molecule has 4 nitrogen and oxygen atoms in total. The Bertz CT molecular complexity index is 1310. The van der Waals surface area contributed by atoms with Crippen LogP contribution in [-0.4, -0.2) is 17.6 Å². The summed E-state index contributed by atoms with van der Waals surface area (Å²) in [6, 6.07) is 20.8. The van der Waals surface area contributed by atoms with Crippen LogP contribution in [0.2, 0.25) is 5.02 Å². The topological polar surface area (TPSA) is 54.5 Å². The van der Waals surface area contributed by atoms with Crippen LogP contribution in [0.5, 0.6) is 0 Å². The minimum atomic E-state index is -1.18. The smallest absolute Gasteiger partial charge is 0.239 e. The highest BCUT2D eigenvalue weighted by atomic mass is 35.5. The molecular weight excluding hydrogens is 422 g/mol. The third-order valence-electron chi connectivity index (χ3n) is 7.59. The van der Waals surface area contributed by atoms with Gasteiger partial charge in [-0.25, -0.2) is 4.90 Å². The second-order valence-corrected chi connectivity index (χ2v) is 9.40. The average molecular weight is 442 g/mol. The largest absolute Gasteiger partial charge is 0.299 e. The summed E-state index contributed by atoms with van der Waals surface area (Å²) in [5.74, 6) is -2.37. The van der Waals surface area contributed by atoms with E-state index in [4.69, 9.17) is 11.6 Å². The lowest BCUT2D eigenvalue weighted by atomic mass is 9.46. The first-order valence-corrected chi connectivity index (χ1v) is 11.1. The Labute approximate surface area is 190 Å². The third kappa shape index (κ3) is 2.11. The van der Waals surface area contributed by atoms with Gasteiger partial charge in [0.1, 0.15) is 5.78 Å². The Hall–Kier alpha value is -3.24. The predicted molar refractivity (Wildman–Crippen MR) is 122 cm³/mol. The number of aryl methyl sites for hydroxylation is 1. The Kier molecular flexibility index (Phi) is 3.89. The van der Waals surface area contributed by atoms with Crippen LogP contribution < -0.4 is 4.90 Å². The van der Waals surface area contributed by atoms with Crippen molar-refractivity contribution in [1.29, 1.82) is 0 Å². The molecule has 1 fully saturated rings. The fraction of sp³-hybridized carbons (Fsp3) is 0.222. The SMILES string of the molecule is CC(=O)C12c3ccccc3C(c3ccccc31)[C@@H]1C(=O)N(c3cc(Cl)ccc3C)C(=O)[C@@H]12. The number of hydrogen-bond acceptors (Lipinski definition) is 3. The fourth-order valence-electron chi connectivity index (χ4n) is 6.43. The number of hydrogen-bond donors (Lipinski definition) is 0. The molecule has 0 unspecified atom stereocenters. The quantitative estimate of drug-likeness (QED) is 0.537.